The molecule has 168 valence electrons. The Morgan fingerprint density at radius 1 is 1.03 bits per heavy atom. The fourth-order valence-corrected chi connectivity index (χ4v) is 3.11. The van der Waals surface area contributed by atoms with Gasteiger partial charge in [0.15, 0.2) is 11.4 Å². The molecule has 3 rings (SSSR count). The molecule has 32 heavy (non-hydrogen) atoms. The molecule has 0 fully saturated rings. The molecule has 4 N–H and O–H groups in total. The highest BCUT2D eigenvalue weighted by molar-refractivity contribution is 6.06. The van der Waals surface area contributed by atoms with Gasteiger partial charge in [-0.15, -0.1) is 0 Å². The minimum atomic E-state index is -0.700. The zero-order valence-electron chi connectivity index (χ0n) is 18.4. The number of carbonyl (C=O) groups excluding carboxylic acids is 1. The molecule has 0 aromatic heterocycles. The quantitative estimate of drug-likeness (QED) is 0.336. The number of hydrogen-bond acceptors (Lipinski definition) is 8. The van der Waals surface area contributed by atoms with E-state index in [0.717, 1.165) is 24.2 Å². The van der Waals surface area contributed by atoms with Gasteiger partial charge in [0.1, 0.15) is 5.75 Å². The number of rotatable bonds is 10. The first-order valence-corrected chi connectivity index (χ1v) is 10.5. The van der Waals surface area contributed by atoms with E-state index in [0.29, 0.717) is 18.8 Å². The number of unbranched alkanes of at least 4 members (excludes halogenated alkanes) is 1. The van der Waals surface area contributed by atoms with E-state index in [1.165, 1.54) is 5.06 Å². The summed E-state index contributed by atoms with van der Waals surface area (Å²) in [5, 5.41) is 1.47. The summed E-state index contributed by atoms with van der Waals surface area (Å²) in [5.41, 5.74) is 12.4. The third-order valence-electron chi connectivity index (χ3n) is 4.72. The van der Waals surface area contributed by atoms with Crippen LogP contribution in [0.5, 0.6) is 5.75 Å². The summed E-state index contributed by atoms with van der Waals surface area (Å²) in [6.07, 6.45) is 4.96. The van der Waals surface area contributed by atoms with Gasteiger partial charge >= 0.3 is 0 Å². The van der Waals surface area contributed by atoms with Crippen molar-refractivity contribution in [2.24, 2.45) is 21.5 Å². The topological polar surface area (TPSA) is 116 Å². The van der Waals surface area contributed by atoms with Gasteiger partial charge in [-0.1, -0.05) is 48.5 Å². The molecule has 0 aliphatic carbocycles. The van der Waals surface area contributed by atoms with Crippen LogP contribution < -0.4 is 16.2 Å². The zero-order valence-corrected chi connectivity index (χ0v) is 18.4. The molecule has 1 aliphatic heterocycles. The minimum Gasteiger partial charge on any atom is -0.494 e. The third-order valence-corrected chi connectivity index (χ3v) is 4.72. The van der Waals surface area contributed by atoms with Gasteiger partial charge in [-0.25, -0.2) is 4.99 Å². The molecule has 1 heterocycles. The van der Waals surface area contributed by atoms with Gasteiger partial charge in [-0.2, -0.15) is 10.1 Å². The molecule has 2 aromatic rings. The number of hydrogen-bond donors (Lipinski definition) is 2. The maximum absolute atomic E-state index is 12.1. The van der Waals surface area contributed by atoms with Crippen molar-refractivity contribution < 1.29 is 14.4 Å². The second-order valence-electron chi connectivity index (χ2n) is 7.75. The highest BCUT2D eigenvalue weighted by Crippen LogP contribution is 2.20. The molecule has 0 bridgehead atoms. The molecular formula is C24H29N5O3. The highest BCUT2D eigenvalue weighted by Gasteiger charge is 2.32. The Morgan fingerprint density at radius 2 is 1.72 bits per heavy atom. The first-order valence-electron chi connectivity index (χ1n) is 10.5. The Kier molecular flexibility index (Phi) is 7.62. The normalized spacial score (nSPS) is 15.4. The highest BCUT2D eigenvalue weighted by atomic mass is 16.7. The second-order valence-corrected chi connectivity index (χ2v) is 7.75. The lowest BCUT2D eigenvalue weighted by Crippen LogP contribution is -2.53. The number of ketones is 1. The van der Waals surface area contributed by atoms with Gasteiger partial charge in [0.05, 0.1) is 13.2 Å². The molecule has 1 aliphatic rings. The van der Waals surface area contributed by atoms with Crippen molar-refractivity contribution in [3.63, 3.8) is 0 Å². The van der Waals surface area contributed by atoms with Crippen LogP contribution >= 0.6 is 0 Å². The third kappa shape index (κ3) is 6.42. The molecule has 8 heteroatoms. The number of nitrogens with two attached hydrogens (primary N) is 2. The van der Waals surface area contributed by atoms with Crippen molar-refractivity contribution >= 4 is 23.8 Å². The number of nitrogens with zero attached hydrogens (tertiary/aromatic N) is 3. The van der Waals surface area contributed by atoms with Crippen LogP contribution in [0.25, 0.3) is 6.08 Å². The van der Waals surface area contributed by atoms with Crippen molar-refractivity contribution in [2.45, 2.75) is 32.4 Å². The summed E-state index contributed by atoms with van der Waals surface area (Å²) >= 11 is 0. The number of guanidine groups is 2. The molecule has 0 spiro atoms. The maximum atomic E-state index is 12.1. The van der Waals surface area contributed by atoms with E-state index < -0.39 is 5.66 Å². The molecule has 0 unspecified atom stereocenters. The van der Waals surface area contributed by atoms with Crippen molar-refractivity contribution in [1.29, 1.82) is 0 Å². The first kappa shape index (κ1) is 23.0. The minimum absolute atomic E-state index is 0.0237. The average Bonchev–Trinajstić information content (AvgIpc) is 2.76. The Hall–Kier alpha value is -3.65. The van der Waals surface area contributed by atoms with Gasteiger partial charge < -0.3 is 16.2 Å². The van der Waals surface area contributed by atoms with Gasteiger partial charge in [-0.05, 0) is 50.5 Å². The summed E-state index contributed by atoms with van der Waals surface area (Å²) in [5.74, 6) is 1.09. The lowest BCUT2D eigenvalue weighted by Gasteiger charge is -2.36. The van der Waals surface area contributed by atoms with Crippen LogP contribution in [0, 0.1) is 0 Å². The predicted molar refractivity (Wildman–Crippen MR) is 126 cm³/mol. The SMILES string of the molecule is CC1(C)N=C(N)N=C(N)N1OCCCCOc1ccc(/C=C/C(=O)c2ccccc2)cc1. The predicted octanol–water partition coefficient (Wildman–Crippen LogP) is 3.35. The summed E-state index contributed by atoms with van der Waals surface area (Å²) in [4.78, 5) is 26.0. The Morgan fingerprint density at radius 3 is 2.41 bits per heavy atom. The number of hydroxylamine groups is 2. The first-order chi connectivity index (χ1) is 15.3. The zero-order chi connectivity index (χ0) is 23.0. The van der Waals surface area contributed by atoms with Crippen molar-refractivity contribution in [2.75, 3.05) is 13.2 Å². The van der Waals surface area contributed by atoms with Crippen LogP contribution in [0.2, 0.25) is 0 Å². The molecule has 0 saturated carbocycles. The summed E-state index contributed by atoms with van der Waals surface area (Å²) in [6, 6.07) is 16.8. The summed E-state index contributed by atoms with van der Waals surface area (Å²) in [6.45, 7) is 4.71. The largest absolute Gasteiger partial charge is 0.494 e. The molecule has 2 aromatic carbocycles. The fourth-order valence-electron chi connectivity index (χ4n) is 3.11. The van der Waals surface area contributed by atoms with Gasteiger partial charge in [0, 0.05) is 5.56 Å². The van der Waals surface area contributed by atoms with Crippen LogP contribution in [0.15, 0.2) is 70.7 Å². The lowest BCUT2D eigenvalue weighted by atomic mass is 10.1. The summed E-state index contributed by atoms with van der Waals surface area (Å²) < 4.78 is 5.78. The smallest absolute Gasteiger partial charge is 0.226 e. The Labute approximate surface area is 188 Å². The van der Waals surface area contributed by atoms with Gasteiger partial charge in [0.25, 0.3) is 0 Å². The van der Waals surface area contributed by atoms with E-state index in [1.807, 2.05) is 56.3 Å². The average molecular weight is 436 g/mol. The van der Waals surface area contributed by atoms with Gasteiger partial charge in [0.2, 0.25) is 11.9 Å². The van der Waals surface area contributed by atoms with E-state index in [9.17, 15) is 4.79 Å². The van der Waals surface area contributed by atoms with E-state index in [1.54, 1.807) is 24.3 Å². The number of benzene rings is 2. The van der Waals surface area contributed by atoms with Gasteiger partial charge in [-0.3, -0.25) is 9.63 Å². The molecule has 0 saturated heterocycles. The van der Waals surface area contributed by atoms with E-state index in [2.05, 4.69) is 9.98 Å². The molecule has 0 amide bonds. The molecular weight excluding hydrogens is 406 g/mol. The number of carbonyl (C=O) groups is 1. The van der Waals surface area contributed by atoms with E-state index >= 15 is 0 Å². The van der Waals surface area contributed by atoms with Crippen LogP contribution in [0.1, 0.15) is 42.6 Å². The molecule has 8 nitrogen and oxygen atoms in total. The van der Waals surface area contributed by atoms with Crippen molar-refractivity contribution in [3.05, 3.63) is 71.8 Å². The molecule has 0 atom stereocenters. The number of aliphatic imine (C=N–C) groups is 2. The second kappa shape index (κ2) is 10.6. The van der Waals surface area contributed by atoms with Crippen LogP contribution in [0.4, 0.5) is 0 Å². The van der Waals surface area contributed by atoms with Crippen LogP contribution in [-0.2, 0) is 4.84 Å². The van der Waals surface area contributed by atoms with E-state index in [-0.39, 0.29) is 17.7 Å². The van der Waals surface area contributed by atoms with Crippen LogP contribution in [-0.4, -0.2) is 41.6 Å². The lowest BCUT2D eigenvalue weighted by molar-refractivity contribution is -0.157. The fraction of sp³-hybridized carbons (Fsp3) is 0.292. The monoisotopic (exact) mass is 435 g/mol. The van der Waals surface area contributed by atoms with Crippen molar-refractivity contribution in [1.82, 2.24) is 5.06 Å². The maximum Gasteiger partial charge on any atom is 0.226 e. The van der Waals surface area contributed by atoms with E-state index in [4.69, 9.17) is 21.0 Å². The Balaban J connectivity index is 1.37. The Bertz CT molecular complexity index is 998. The summed E-state index contributed by atoms with van der Waals surface area (Å²) in [7, 11) is 0. The standard InChI is InChI=1S/C24H29N5O3/c1-24(2)28-22(25)27-23(26)29(24)32-17-7-6-16-31-20-13-10-18(11-14-20)12-15-21(30)19-8-4-3-5-9-19/h3-5,8-15H,6-7,16-17H2,1-2H3,(H4,25,26,27,28)/b15-12+. The molecule has 0 radical (unpaired) electrons. The number of allylic oxidation sites excluding steroid dienone is 1. The number of ether oxygens (including phenoxy) is 1. The van der Waals surface area contributed by atoms with Crippen molar-refractivity contribution in [3.8, 4) is 5.75 Å². The van der Waals surface area contributed by atoms with Crippen LogP contribution in [0.3, 0.4) is 0 Å².